The highest BCUT2D eigenvalue weighted by atomic mass is 16.5. The van der Waals surface area contributed by atoms with E-state index in [1.165, 1.54) is 27.1 Å². The summed E-state index contributed by atoms with van der Waals surface area (Å²) in [6, 6.07) is -0.0518. The summed E-state index contributed by atoms with van der Waals surface area (Å²) >= 11 is 0. The molecule has 6 nitrogen and oxygen atoms in total. The molecule has 0 bridgehead atoms. The van der Waals surface area contributed by atoms with Crippen molar-refractivity contribution in [3.8, 4) is 0 Å². The standard InChI is InChI=1S/C13H22N2O4/c1-18-12(16)10-5-11(14-13(17)19-2)8-15(7-10)6-9-3-4-9/h9-11H,3-8H2,1-2H3,(H,14,17). The number of amides is 1. The number of likely N-dealkylation sites (tertiary alicyclic amines) is 1. The number of nitrogens with one attached hydrogen (secondary N) is 1. The fraction of sp³-hybridized carbons (Fsp3) is 0.846. The average molecular weight is 270 g/mol. The second-order valence-electron chi connectivity index (χ2n) is 5.45. The molecular formula is C13H22N2O4. The molecule has 2 rings (SSSR count). The van der Waals surface area contributed by atoms with E-state index in [2.05, 4.69) is 15.0 Å². The van der Waals surface area contributed by atoms with Gasteiger partial charge in [0.05, 0.1) is 20.1 Å². The Bertz CT molecular complexity index is 344. The Balaban J connectivity index is 1.93. The number of piperidine rings is 1. The number of ether oxygens (including phenoxy) is 2. The molecule has 0 radical (unpaired) electrons. The number of methoxy groups -OCH3 is 2. The van der Waals surface area contributed by atoms with E-state index in [0.29, 0.717) is 6.42 Å². The molecule has 0 aromatic carbocycles. The molecule has 1 aliphatic carbocycles. The molecule has 1 heterocycles. The third-order valence-electron chi connectivity index (χ3n) is 3.78. The van der Waals surface area contributed by atoms with Crippen molar-refractivity contribution >= 4 is 12.1 Å². The molecule has 19 heavy (non-hydrogen) atoms. The zero-order chi connectivity index (χ0) is 13.8. The third kappa shape index (κ3) is 4.09. The molecule has 2 atom stereocenters. The second-order valence-corrected chi connectivity index (χ2v) is 5.45. The first-order chi connectivity index (χ1) is 9.12. The molecular weight excluding hydrogens is 248 g/mol. The van der Waals surface area contributed by atoms with Crippen LogP contribution in [-0.2, 0) is 14.3 Å². The summed E-state index contributed by atoms with van der Waals surface area (Å²) < 4.78 is 9.45. The molecule has 1 saturated heterocycles. The molecule has 2 unspecified atom stereocenters. The van der Waals surface area contributed by atoms with Crippen molar-refractivity contribution < 1.29 is 19.1 Å². The summed E-state index contributed by atoms with van der Waals surface area (Å²) in [4.78, 5) is 25.3. The molecule has 0 spiro atoms. The van der Waals surface area contributed by atoms with Crippen molar-refractivity contribution in [1.29, 1.82) is 0 Å². The van der Waals surface area contributed by atoms with Crippen LogP contribution in [0.3, 0.4) is 0 Å². The van der Waals surface area contributed by atoms with E-state index in [1.807, 2.05) is 0 Å². The number of esters is 1. The van der Waals surface area contributed by atoms with Crippen molar-refractivity contribution in [2.24, 2.45) is 11.8 Å². The highest BCUT2D eigenvalue weighted by Crippen LogP contribution is 2.31. The van der Waals surface area contributed by atoms with E-state index in [9.17, 15) is 9.59 Å². The topological polar surface area (TPSA) is 67.9 Å². The van der Waals surface area contributed by atoms with Gasteiger partial charge in [-0.1, -0.05) is 0 Å². The van der Waals surface area contributed by atoms with Gasteiger partial charge in [0.1, 0.15) is 0 Å². The number of hydrogen-bond donors (Lipinski definition) is 1. The number of carbonyl (C=O) groups excluding carboxylic acids is 2. The van der Waals surface area contributed by atoms with E-state index < -0.39 is 6.09 Å². The van der Waals surface area contributed by atoms with Crippen molar-refractivity contribution in [3.63, 3.8) is 0 Å². The number of hydrogen-bond acceptors (Lipinski definition) is 5. The molecule has 1 aliphatic heterocycles. The van der Waals surface area contributed by atoms with Gasteiger partial charge in [0, 0.05) is 25.7 Å². The first kappa shape index (κ1) is 14.1. The van der Waals surface area contributed by atoms with Gasteiger partial charge in [0.2, 0.25) is 0 Å². The fourth-order valence-electron chi connectivity index (χ4n) is 2.67. The van der Waals surface area contributed by atoms with Crippen LogP contribution in [0.25, 0.3) is 0 Å². The van der Waals surface area contributed by atoms with E-state index >= 15 is 0 Å². The van der Waals surface area contributed by atoms with Crippen molar-refractivity contribution in [1.82, 2.24) is 10.2 Å². The molecule has 1 amide bonds. The summed E-state index contributed by atoms with van der Waals surface area (Å²) in [6.07, 6.45) is 2.72. The molecule has 108 valence electrons. The molecule has 1 saturated carbocycles. The number of rotatable bonds is 4. The van der Waals surface area contributed by atoms with Gasteiger partial charge in [-0.3, -0.25) is 4.79 Å². The van der Waals surface area contributed by atoms with Gasteiger partial charge in [0.15, 0.2) is 0 Å². The third-order valence-corrected chi connectivity index (χ3v) is 3.78. The van der Waals surface area contributed by atoms with Crippen LogP contribution in [0.1, 0.15) is 19.3 Å². The maximum atomic E-state index is 11.7. The highest BCUT2D eigenvalue weighted by molar-refractivity contribution is 5.73. The first-order valence-electron chi connectivity index (χ1n) is 6.77. The Hall–Kier alpha value is -1.30. The van der Waals surface area contributed by atoms with Crippen LogP contribution in [0.4, 0.5) is 4.79 Å². The number of carbonyl (C=O) groups is 2. The Labute approximate surface area is 113 Å². The average Bonchev–Trinajstić information content (AvgIpc) is 3.21. The number of alkyl carbamates (subject to hydrolysis) is 1. The fourth-order valence-corrected chi connectivity index (χ4v) is 2.67. The lowest BCUT2D eigenvalue weighted by Crippen LogP contribution is -2.52. The van der Waals surface area contributed by atoms with Gasteiger partial charge < -0.3 is 19.7 Å². The largest absolute Gasteiger partial charge is 0.469 e. The highest BCUT2D eigenvalue weighted by Gasteiger charge is 2.35. The van der Waals surface area contributed by atoms with Crippen LogP contribution < -0.4 is 5.32 Å². The normalized spacial score (nSPS) is 27.7. The van der Waals surface area contributed by atoms with E-state index in [1.54, 1.807) is 0 Å². The molecule has 1 N–H and O–H groups in total. The Morgan fingerprint density at radius 1 is 1.21 bits per heavy atom. The van der Waals surface area contributed by atoms with Gasteiger partial charge in [-0.2, -0.15) is 0 Å². The van der Waals surface area contributed by atoms with Gasteiger partial charge >= 0.3 is 12.1 Å². The predicted molar refractivity (Wildman–Crippen MR) is 68.6 cm³/mol. The monoisotopic (exact) mass is 270 g/mol. The first-order valence-corrected chi connectivity index (χ1v) is 6.77. The Morgan fingerprint density at radius 2 is 1.95 bits per heavy atom. The number of nitrogens with zero attached hydrogens (tertiary/aromatic N) is 1. The minimum absolute atomic E-state index is 0.0518. The zero-order valence-corrected chi connectivity index (χ0v) is 11.6. The van der Waals surface area contributed by atoms with Gasteiger partial charge in [-0.05, 0) is 25.2 Å². The predicted octanol–water partition coefficient (Wildman–Crippen LogP) is 0.616. The summed E-state index contributed by atoms with van der Waals surface area (Å²) in [5.41, 5.74) is 0. The van der Waals surface area contributed by atoms with Crippen molar-refractivity contribution in [2.75, 3.05) is 33.9 Å². The van der Waals surface area contributed by atoms with Crippen LogP contribution in [0.5, 0.6) is 0 Å². The van der Waals surface area contributed by atoms with E-state index in [-0.39, 0.29) is 17.9 Å². The lowest BCUT2D eigenvalue weighted by Gasteiger charge is -2.36. The maximum absolute atomic E-state index is 11.7. The summed E-state index contributed by atoms with van der Waals surface area (Å²) in [7, 11) is 2.75. The lowest BCUT2D eigenvalue weighted by molar-refractivity contribution is -0.147. The van der Waals surface area contributed by atoms with Crippen LogP contribution in [0, 0.1) is 11.8 Å². The minimum atomic E-state index is -0.443. The molecule has 0 aromatic heterocycles. The van der Waals surface area contributed by atoms with Crippen molar-refractivity contribution in [3.05, 3.63) is 0 Å². The zero-order valence-electron chi connectivity index (χ0n) is 11.6. The SMILES string of the molecule is COC(=O)NC1CC(C(=O)OC)CN(CC2CC2)C1. The summed E-state index contributed by atoms with van der Waals surface area (Å²) in [5.74, 6) is 0.395. The molecule has 0 aromatic rings. The van der Waals surface area contributed by atoms with Crippen molar-refractivity contribution in [2.45, 2.75) is 25.3 Å². The van der Waals surface area contributed by atoms with Crippen LogP contribution in [-0.4, -0.2) is 56.9 Å². The molecule has 6 heteroatoms. The minimum Gasteiger partial charge on any atom is -0.469 e. The van der Waals surface area contributed by atoms with Gasteiger partial charge in [0.25, 0.3) is 0 Å². The quantitative estimate of drug-likeness (QED) is 0.758. The second kappa shape index (κ2) is 6.23. The maximum Gasteiger partial charge on any atom is 0.407 e. The smallest absolute Gasteiger partial charge is 0.407 e. The lowest BCUT2D eigenvalue weighted by atomic mass is 9.94. The summed E-state index contributed by atoms with van der Waals surface area (Å²) in [5, 5.41) is 2.79. The Kier molecular flexibility index (Phi) is 4.63. The van der Waals surface area contributed by atoms with Crippen LogP contribution in [0.15, 0.2) is 0 Å². The molecule has 2 fully saturated rings. The molecule has 2 aliphatic rings. The summed E-state index contributed by atoms with van der Waals surface area (Å²) in [6.45, 7) is 2.51. The Morgan fingerprint density at radius 3 is 2.53 bits per heavy atom. The van der Waals surface area contributed by atoms with Crippen LogP contribution >= 0.6 is 0 Å². The van der Waals surface area contributed by atoms with E-state index in [0.717, 1.165) is 25.6 Å². The van der Waals surface area contributed by atoms with Gasteiger partial charge in [-0.15, -0.1) is 0 Å². The van der Waals surface area contributed by atoms with Gasteiger partial charge in [-0.25, -0.2) is 4.79 Å². The van der Waals surface area contributed by atoms with E-state index in [4.69, 9.17) is 4.74 Å². The van der Waals surface area contributed by atoms with Crippen LogP contribution in [0.2, 0.25) is 0 Å².